The van der Waals surface area contributed by atoms with E-state index in [9.17, 15) is 4.79 Å². The first-order chi connectivity index (χ1) is 9.04. The van der Waals surface area contributed by atoms with E-state index in [1.807, 2.05) is 12.1 Å². The molecule has 0 spiro atoms. The third-order valence-electron chi connectivity index (χ3n) is 3.67. The largest absolute Gasteiger partial charge is 0.399 e. The van der Waals surface area contributed by atoms with Crippen molar-refractivity contribution in [3.8, 4) is 12.3 Å². The zero-order valence-electron chi connectivity index (χ0n) is 10.7. The van der Waals surface area contributed by atoms with Crippen molar-refractivity contribution in [2.75, 3.05) is 11.1 Å². The lowest BCUT2D eigenvalue weighted by Gasteiger charge is -2.16. The van der Waals surface area contributed by atoms with Crippen LogP contribution in [0.2, 0.25) is 0 Å². The van der Waals surface area contributed by atoms with Gasteiger partial charge in [0, 0.05) is 24.2 Å². The summed E-state index contributed by atoms with van der Waals surface area (Å²) in [5.74, 6) is 2.76. The van der Waals surface area contributed by atoms with Crippen LogP contribution in [0.3, 0.4) is 0 Å². The molecule has 3 rings (SSSR count). The fraction of sp³-hybridized carbons (Fsp3) is 0.267. The standard InChI is InChI=1S/C15H15N3O/c1-3-15(6-7-15)17-12-9-14(19)18(2)13-5-4-10(16)8-11(12)13/h1,4-5,8-9,17H,6-7,16H2,2H3. The van der Waals surface area contributed by atoms with E-state index in [1.54, 1.807) is 23.7 Å². The van der Waals surface area contributed by atoms with Crippen LogP contribution in [-0.4, -0.2) is 10.1 Å². The Morgan fingerprint density at radius 2 is 2.16 bits per heavy atom. The van der Waals surface area contributed by atoms with E-state index in [4.69, 9.17) is 12.2 Å². The molecule has 1 saturated carbocycles. The lowest BCUT2D eigenvalue weighted by atomic mass is 10.1. The molecule has 1 aromatic carbocycles. The van der Waals surface area contributed by atoms with Crippen LogP contribution >= 0.6 is 0 Å². The number of nitrogens with zero attached hydrogens (tertiary/aromatic N) is 1. The minimum absolute atomic E-state index is 0.0624. The van der Waals surface area contributed by atoms with Crippen LogP contribution in [0, 0.1) is 12.3 Å². The second kappa shape index (κ2) is 3.79. The smallest absolute Gasteiger partial charge is 0.252 e. The van der Waals surface area contributed by atoms with Crippen LogP contribution < -0.4 is 16.6 Å². The molecule has 0 saturated heterocycles. The summed E-state index contributed by atoms with van der Waals surface area (Å²) in [6.07, 6.45) is 7.40. The maximum Gasteiger partial charge on any atom is 0.252 e. The maximum absolute atomic E-state index is 12.0. The molecule has 1 aliphatic rings. The van der Waals surface area contributed by atoms with Crippen molar-refractivity contribution in [2.24, 2.45) is 7.05 Å². The predicted octanol–water partition coefficient (Wildman–Crippen LogP) is 1.70. The number of aromatic nitrogens is 1. The van der Waals surface area contributed by atoms with Crippen molar-refractivity contribution in [1.82, 2.24) is 4.57 Å². The minimum atomic E-state index is -0.288. The number of hydrogen-bond acceptors (Lipinski definition) is 3. The molecule has 0 aliphatic heterocycles. The van der Waals surface area contributed by atoms with Gasteiger partial charge in [-0.3, -0.25) is 4.79 Å². The second-order valence-electron chi connectivity index (χ2n) is 5.08. The highest BCUT2D eigenvalue weighted by molar-refractivity contribution is 5.94. The highest BCUT2D eigenvalue weighted by atomic mass is 16.1. The number of nitrogens with two attached hydrogens (primary N) is 1. The number of fused-ring (bicyclic) bond motifs is 1. The molecule has 2 aromatic rings. The molecule has 1 aliphatic carbocycles. The van der Waals surface area contributed by atoms with Crippen molar-refractivity contribution >= 4 is 22.3 Å². The van der Waals surface area contributed by atoms with Gasteiger partial charge in [-0.1, -0.05) is 5.92 Å². The quantitative estimate of drug-likeness (QED) is 0.632. The summed E-state index contributed by atoms with van der Waals surface area (Å²) in [5, 5.41) is 4.23. The summed E-state index contributed by atoms with van der Waals surface area (Å²) < 4.78 is 1.61. The average Bonchev–Trinajstić information content (AvgIpc) is 3.16. The molecule has 0 unspecified atom stereocenters. The monoisotopic (exact) mass is 253 g/mol. The molecule has 1 heterocycles. The van der Waals surface area contributed by atoms with Crippen LogP contribution in [0.25, 0.3) is 10.9 Å². The number of hydrogen-bond donors (Lipinski definition) is 2. The Kier molecular flexibility index (Phi) is 2.33. The van der Waals surface area contributed by atoms with Gasteiger partial charge >= 0.3 is 0 Å². The van der Waals surface area contributed by atoms with Gasteiger partial charge in [0.15, 0.2) is 0 Å². The lowest BCUT2D eigenvalue weighted by Crippen LogP contribution is -2.23. The molecule has 4 nitrogen and oxygen atoms in total. The third-order valence-corrected chi connectivity index (χ3v) is 3.67. The fourth-order valence-electron chi connectivity index (χ4n) is 2.27. The minimum Gasteiger partial charge on any atom is -0.399 e. The molecule has 19 heavy (non-hydrogen) atoms. The van der Waals surface area contributed by atoms with Crippen molar-refractivity contribution < 1.29 is 0 Å². The first kappa shape index (κ1) is 11.7. The van der Waals surface area contributed by atoms with E-state index in [0.29, 0.717) is 5.69 Å². The number of nitrogen functional groups attached to an aromatic ring is 1. The molecule has 0 atom stereocenters. The van der Waals surface area contributed by atoms with Crippen molar-refractivity contribution in [2.45, 2.75) is 18.4 Å². The van der Waals surface area contributed by atoms with Gasteiger partial charge in [-0.15, -0.1) is 6.42 Å². The topological polar surface area (TPSA) is 60.0 Å². The van der Waals surface area contributed by atoms with E-state index in [2.05, 4.69) is 11.2 Å². The SMILES string of the molecule is C#CC1(Nc2cc(=O)n(C)c3ccc(N)cc23)CC1. The van der Waals surface area contributed by atoms with Gasteiger partial charge in [-0.2, -0.15) is 0 Å². The summed E-state index contributed by atoms with van der Waals surface area (Å²) >= 11 is 0. The van der Waals surface area contributed by atoms with Gasteiger partial charge < -0.3 is 15.6 Å². The normalized spacial score (nSPS) is 16.0. The Bertz CT molecular complexity index is 763. The maximum atomic E-state index is 12.0. The molecular formula is C15H15N3O. The van der Waals surface area contributed by atoms with Crippen molar-refractivity contribution in [3.63, 3.8) is 0 Å². The van der Waals surface area contributed by atoms with E-state index in [0.717, 1.165) is 29.4 Å². The molecule has 1 fully saturated rings. The lowest BCUT2D eigenvalue weighted by molar-refractivity contribution is 0.900. The average molecular weight is 253 g/mol. The van der Waals surface area contributed by atoms with Crippen LogP contribution in [-0.2, 0) is 7.05 Å². The van der Waals surface area contributed by atoms with Crippen molar-refractivity contribution in [1.29, 1.82) is 0 Å². The summed E-state index contributed by atoms with van der Waals surface area (Å²) in [7, 11) is 1.75. The van der Waals surface area contributed by atoms with E-state index in [1.165, 1.54) is 0 Å². The zero-order valence-corrected chi connectivity index (χ0v) is 10.7. The second-order valence-corrected chi connectivity index (χ2v) is 5.08. The number of rotatable bonds is 2. The highest BCUT2D eigenvalue weighted by Crippen LogP contribution is 2.39. The number of benzene rings is 1. The molecule has 1 aromatic heterocycles. The van der Waals surface area contributed by atoms with Gasteiger partial charge in [0.05, 0.1) is 16.7 Å². The van der Waals surface area contributed by atoms with Crippen LogP contribution in [0.5, 0.6) is 0 Å². The highest BCUT2D eigenvalue weighted by Gasteiger charge is 2.41. The summed E-state index contributed by atoms with van der Waals surface area (Å²) in [5.41, 5.74) is 7.76. The predicted molar refractivity (Wildman–Crippen MR) is 78.0 cm³/mol. The Hall–Kier alpha value is -2.41. The van der Waals surface area contributed by atoms with E-state index in [-0.39, 0.29) is 11.1 Å². The number of aryl methyl sites for hydroxylation is 1. The molecule has 0 radical (unpaired) electrons. The first-order valence-electron chi connectivity index (χ1n) is 6.20. The zero-order chi connectivity index (χ0) is 13.6. The Labute approximate surface area is 111 Å². The summed E-state index contributed by atoms with van der Waals surface area (Å²) in [6, 6.07) is 7.09. The summed E-state index contributed by atoms with van der Waals surface area (Å²) in [6.45, 7) is 0. The summed E-state index contributed by atoms with van der Waals surface area (Å²) in [4.78, 5) is 12.0. The molecule has 0 bridgehead atoms. The molecule has 4 heteroatoms. The number of nitrogens with one attached hydrogen (secondary N) is 1. The Balaban J connectivity index is 2.24. The Morgan fingerprint density at radius 1 is 1.42 bits per heavy atom. The first-order valence-corrected chi connectivity index (χ1v) is 6.20. The van der Waals surface area contributed by atoms with Crippen molar-refractivity contribution in [3.05, 3.63) is 34.6 Å². The van der Waals surface area contributed by atoms with Crippen LogP contribution in [0.4, 0.5) is 11.4 Å². The van der Waals surface area contributed by atoms with Crippen LogP contribution in [0.15, 0.2) is 29.1 Å². The van der Waals surface area contributed by atoms with E-state index >= 15 is 0 Å². The fourth-order valence-corrected chi connectivity index (χ4v) is 2.27. The van der Waals surface area contributed by atoms with Gasteiger partial charge in [-0.05, 0) is 31.0 Å². The van der Waals surface area contributed by atoms with Crippen LogP contribution in [0.1, 0.15) is 12.8 Å². The Morgan fingerprint density at radius 3 is 2.79 bits per heavy atom. The number of pyridine rings is 1. The van der Waals surface area contributed by atoms with Gasteiger partial charge in [0.1, 0.15) is 0 Å². The van der Waals surface area contributed by atoms with Gasteiger partial charge in [-0.25, -0.2) is 0 Å². The molecule has 3 N–H and O–H groups in total. The van der Waals surface area contributed by atoms with E-state index < -0.39 is 0 Å². The molecular weight excluding hydrogens is 238 g/mol. The molecule has 0 amide bonds. The van der Waals surface area contributed by atoms with Gasteiger partial charge in [0.2, 0.25) is 0 Å². The third kappa shape index (κ3) is 1.84. The number of anilines is 2. The molecule has 96 valence electrons. The van der Waals surface area contributed by atoms with Gasteiger partial charge in [0.25, 0.3) is 5.56 Å². The number of terminal acetylenes is 1.